The van der Waals surface area contributed by atoms with Gasteiger partial charge in [0.15, 0.2) is 23.4 Å². The van der Waals surface area contributed by atoms with Gasteiger partial charge in [-0.2, -0.15) is 5.10 Å². The maximum absolute atomic E-state index is 12.6. The van der Waals surface area contributed by atoms with E-state index < -0.39 is 22.9 Å². The molecule has 0 bridgehead atoms. The quantitative estimate of drug-likeness (QED) is 0.121. The molecule has 3 rings (SSSR count). The maximum atomic E-state index is 12.6. The summed E-state index contributed by atoms with van der Waals surface area (Å²) < 4.78 is 21.9. The van der Waals surface area contributed by atoms with E-state index in [0.29, 0.717) is 35.8 Å². The summed E-state index contributed by atoms with van der Waals surface area (Å²) in [5, 5.41) is 15.0. The number of amides is 1. The summed E-state index contributed by atoms with van der Waals surface area (Å²) in [6.07, 6.45) is 0.326. The van der Waals surface area contributed by atoms with Gasteiger partial charge in [-0.1, -0.05) is 12.1 Å². The Balaban J connectivity index is 1.63. The molecule has 198 valence electrons. The van der Waals surface area contributed by atoms with Gasteiger partial charge in [0.05, 0.1) is 29.9 Å². The minimum Gasteiger partial charge on any atom is -0.494 e. The summed E-state index contributed by atoms with van der Waals surface area (Å²) >= 11 is 0. The summed E-state index contributed by atoms with van der Waals surface area (Å²) in [4.78, 5) is 35.5. The van der Waals surface area contributed by atoms with Gasteiger partial charge in [-0.25, -0.2) is 10.2 Å². The number of hydrazone groups is 1. The Kier molecular flexibility index (Phi) is 9.75. The molecule has 3 aromatic rings. The van der Waals surface area contributed by atoms with Crippen LogP contribution in [-0.2, 0) is 4.79 Å². The van der Waals surface area contributed by atoms with Crippen molar-refractivity contribution in [1.82, 2.24) is 5.43 Å². The molecule has 0 unspecified atom stereocenters. The molecular formula is C27H27N3O8. The van der Waals surface area contributed by atoms with Gasteiger partial charge >= 0.3 is 11.7 Å². The van der Waals surface area contributed by atoms with E-state index >= 15 is 0 Å². The highest BCUT2D eigenvalue weighted by Gasteiger charge is 2.20. The van der Waals surface area contributed by atoms with Gasteiger partial charge in [-0.15, -0.1) is 0 Å². The summed E-state index contributed by atoms with van der Waals surface area (Å²) in [5.41, 5.74) is 2.99. The molecular weight excluding hydrogens is 494 g/mol. The van der Waals surface area contributed by atoms with E-state index in [1.165, 1.54) is 31.3 Å². The van der Waals surface area contributed by atoms with E-state index in [9.17, 15) is 19.7 Å². The van der Waals surface area contributed by atoms with Crippen molar-refractivity contribution in [2.45, 2.75) is 26.9 Å². The molecule has 0 aliphatic rings. The van der Waals surface area contributed by atoms with Gasteiger partial charge in [0.1, 0.15) is 5.75 Å². The topological polar surface area (TPSA) is 139 Å². The molecule has 11 heteroatoms. The molecule has 1 amide bonds. The fourth-order valence-corrected chi connectivity index (χ4v) is 3.18. The number of esters is 1. The number of nitro groups is 1. The number of nitrogens with one attached hydrogen (secondary N) is 1. The van der Waals surface area contributed by atoms with Gasteiger partial charge < -0.3 is 18.9 Å². The van der Waals surface area contributed by atoms with Gasteiger partial charge in [0.25, 0.3) is 5.91 Å². The third-order valence-electron chi connectivity index (χ3n) is 4.99. The molecule has 1 N–H and O–H groups in total. The van der Waals surface area contributed by atoms with E-state index in [4.69, 9.17) is 18.9 Å². The first-order chi connectivity index (χ1) is 18.3. The van der Waals surface area contributed by atoms with Crippen molar-refractivity contribution in [3.05, 3.63) is 88.0 Å². The average Bonchev–Trinajstić information content (AvgIpc) is 2.91. The molecule has 0 fully saturated rings. The van der Waals surface area contributed by atoms with Crippen LogP contribution in [0.5, 0.6) is 23.0 Å². The smallest absolute Gasteiger partial charge is 0.343 e. The Bertz CT molecular complexity index is 1310. The number of carbonyl (C=O) groups is 2. The highest BCUT2D eigenvalue weighted by molar-refractivity contribution is 5.92. The Hall–Kier alpha value is -4.93. The van der Waals surface area contributed by atoms with Crippen molar-refractivity contribution >= 4 is 23.8 Å². The minimum atomic E-state index is -1.04. The first-order valence-electron chi connectivity index (χ1n) is 11.8. The molecule has 1 atom stereocenters. The highest BCUT2D eigenvalue weighted by atomic mass is 16.6. The lowest BCUT2D eigenvalue weighted by molar-refractivity contribution is -0.386. The minimum absolute atomic E-state index is 0.0270. The SMILES string of the molecule is CCOc1ccc(C(=O)Oc2ccc(/C=N\NC(=O)[C@H](C)Oc3ccccc3[N+](=O)[O-])cc2OCC)cc1. The standard InChI is InChI=1S/C27H27N3O8/c1-4-35-21-13-11-20(12-14-21)27(32)38-24-15-10-19(16-25(24)36-5-2)17-28-29-26(31)18(3)37-23-9-7-6-8-22(23)30(33)34/h6-18H,4-5H2,1-3H3,(H,29,31)/b28-17-/t18-/m0/s1. The molecule has 0 spiro atoms. The van der Waals surface area contributed by atoms with Crippen LogP contribution in [0.25, 0.3) is 0 Å². The zero-order chi connectivity index (χ0) is 27.5. The lowest BCUT2D eigenvalue weighted by atomic mass is 10.2. The summed E-state index contributed by atoms with van der Waals surface area (Å²) in [5.74, 6) is -0.00723. The van der Waals surface area contributed by atoms with Crippen LogP contribution in [0.3, 0.4) is 0 Å². The van der Waals surface area contributed by atoms with Gasteiger partial charge in [-0.3, -0.25) is 14.9 Å². The molecule has 0 aliphatic carbocycles. The van der Waals surface area contributed by atoms with Crippen LogP contribution >= 0.6 is 0 Å². The number of hydrogen-bond donors (Lipinski definition) is 1. The Morgan fingerprint density at radius 3 is 2.37 bits per heavy atom. The molecule has 0 radical (unpaired) electrons. The van der Waals surface area contributed by atoms with Crippen LogP contribution < -0.4 is 24.4 Å². The van der Waals surface area contributed by atoms with Crippen LogP contribution in [0.15, 0.2) is 71.8 Å². The van der Waals surface area contributed by atoms with Crippen molar-refractivity contribution in [3.8, 4) is 23.0 Å². The molecule has 0 heterocycles. The molecule has 0 aromatic heterocycles. The number of nitro benzene ring substituents is 1. The van der Waals surface area contributed by atoms with Gasteiger partial charge in [0, 0.05) is 6.07 Å². The Morgan fingerprint density at radius 2 is 1.68 bits per heavy atom. The Morgan fingerprint density at radius 1 is 0.974 bits per heavy atom. The molecule has 3 aromatic carbocycles. The number of hydrogen-bond acceptors (Lipinski definition) is 9. The van der Waals surface area contributed by atoms with Crippen LogP contribution in [0.2, 0.25) is 0 Å². The van der Waals surface area contributed by atoms with Crippen LogP contribution in [0.1, 0.15) is 36.7 Å². The zero-order valence-corrected chi connectivity index (χ0v) is 21.1. The first kappa shape index (κ1) is 27.7. The highest BCUT2D eigenvalue weighted by Crippen LogP contribution is 2.29. The van der Waals surface area contributed by atoms with Crippen molar-refractivity contribution in [2.24, 2.45) is 5.10 Å². The summed E-state index contributed by atoms with van der Waals surface area (Å²) in [6.45, 7) is 5.95. The van der Waals surface area contributed by atoms with Crippen LogP contribution in [-0.4, -0.2) is 42.3 Å². The number of rotatable bonds is 12. The van der Waals surface area contributed by atoms with E-state index in [2.05, 4.69) is 10.5 Å². The Labute approximate surface area is 219 Å². The number of para-hydroxylation sites is 2. The summed E-state index contributed by atoms with van der Waals surface area (Å²) in [7, 11) is 0. The zero-order valence-electron chi connectivity index (χ0n) is 21.1. The first-order valence-corrected chi connectivity index (χ1v) is 11.8. The van der Waals surface area contributed by atoms with Gasteiger partial charge in [-0.05, 0) is 74.9 Å². The largest absolute Gasteiger partial charge is 0.494 e. The van der Waals surface area contributed by atoms with E-state index in [-0.39, 0.29) is 17.2 Å². The molecule has 11 nitrogen and oxygen atoms in total. The maximum Gasteiger partial charge on any atom is 0.343 e. The predicted octanol–water partition coefficient (Wildman–Crippen LogP) is 4.53. The van der Waals surface area contributed by atoms with E-state index in [1.54, 1.807) is 55.5 Å². The number of carbonyl (C=O) groups excluding carboxylic acids is 2. The number of ether oxygens (including phenoxy) is 4. The fourth-order valence-electron chi connectivity index (χ4n) is 3.18. The third kappa shape index (κ3) is 7.53. The van der Waals surface area contributed by atoms with Crippen LogP contribution in [0, 0.1) is 10.1 Å². The monoisotopic (exact) mass is 521 g/mol. The van der Waals surface area contributed by atoms with E-state index in [1.807, 2.05) is 6.92 Å². The second-order valence-electron chi connectivity index (χ2n) is 7.71. The third-order valence-corrected chi connectivity index (χ3v) is 4.99. The van der Waals surface area contributed by atoms with E-state index in [0.717, 1.165) is 0 Å². The lowest BCUT2D eigenvalue weighted by Gasteiger charge is -2.13. The average molecular weight is 522 g/mol. The second-order valence-corrected chi connectivity index (χ2v) is 7.71. The number of benzene rings is 3. The van der Waals surface area contributed by atoms with Crippen molar-refractivity contribution in [1.29, 1.82) is 0 Å². The molecule has 38 heavy (non-hydrogen) atoms. The number of nitrogens with zero attached hydrogens (tertiary/aromatic N) is 2. The van der Waals surface area contributed by atoms with Crippen molar-refractivity contribution in [3.63, 3.8) is 0 Å². The second kappa shape index (κ2) is 13.4. The molecule has 0 saturated carbocycles. The van der Waals surface area contributed by atoms with Gasteiger partial charge in [0.2, 0.25) is 0 Å². The van der Waals surface area contributed by atoms with Crippen LogP contribution in [0.4, 0.5) is 5.69 Å². The van der Waals surface area contributed by atoms with Crippen molar-refractivity contribution < 1.29 is 33.5 Å². The fraction of sp³-hybridized carbons (Fsp3) is 0.222. The lowest BCUT2D eigenvalue weighted by Crippen LogP contribution is -2.33. The molecule has 0 saturated heterocycles. The normalized spacial score (nSPS) is 11.4. The van der Waals surface area contributed by atoms with Crippen molar-refractivity contribution in [2.75, 3.05) is 13.2 Å². The predicted molar refractivity (Wildman–Crippen MR) is 139 cm³/mol. The molecule has 0 aliphatic heterocycles. The summed E-state index contributed by atoms with van der Waals surface area (Å²) in [6, 6.07) is 17.1.